The van der Waals surface area contributed by atoms with E-state index in [0.717, 1.165) is 25.2 Å². The zero-order valence-corrected chi connectivity index (χ0v) is 12.5. The number of ketones is 1. The average molecular weight is 289 g/mol. The lowest BCUT2D eigenvalue weighted by molar-refractivity contribution is -0.114. The highest BCUT2D eigenvalue weighted by molar-refractivity contribution is 5.93. The molecule has 1 aliphatic heterocycles. The number of hydrogen-bond acceptors (Lipinski definition) is 4. The van der Waals surface area contributed by atoms with Gasteiger partial charge in [0.1, 0.15) is 0 Å². The van der Waals surface area contributed by atoms with Crippen LogP contribution in [0.3, 0.4) is 0 Å². The van der Waals surface area contributed by atoms with Crippen molar-refractivity contribution in [2.75, 3.05) is 26.7 Å². The molecule has 0 atom stereocenters. The fourth-order valence-electron chi connectivity index (χ4n) is 2.52. The van der Waals surface area contributed by atoms with Crippen molar-refractivity contribution < 1.29 is 14.6 Å². The number of hydrogen-bond donors (Lipinski definition) is 1. The molecular weight excluding hydrogens is 266 g/mol. The maximum absolute atomic E-state index is 11.9. The minimum absolute atomic E-state index is 0.103. The smallest absolute Gasteiger partial charge is 0.161 e. The van der Waals surface area contributed by atoms with Crippen molar-refractivity contribution in [1.29, 1.82) is 0 Å². The van der Waals surface area contributed by atoms with Gasteiger partial charge in [0.05, 0.1) is 7.11 Å². The fraction of sp³-hybridized carbons (Fsp3) is 0.471. The average Bonchev–Trinajstić information content (AvgIpc) is 2.53. The topological polar surface area (TPSA) is 49.8 Å². The number of phenols is 1. The summed E-state index contributed by atoms with van der Waals surface area (Å²) >= 11 is 0. The monoisotopic (exact) mass is 289 g/mol. The summed E-state index contributed by atoms with van der Waals surface area (Å²) in [4.78, 5) is 14.2. The maximum atomic E-state index is 11.9. The molecule has 2 rings (SSSR count). The molecule has 114 valence electrons. The number of allylic oxidation sites excluding steroid dienone is 1. The molecule has 21 heavy (non-hydrogen) atoms. The third kappa shape index (κ3) is 4.90. The van der Waals surface area contributed by atoms with E-state index in [9.17, 15) is 9.90 Å². The Morgan fingerprint density at radius 1 is 1.33 bits per heavy atom. The number of ether oxygens (including phenoxy) is 1. The van der Waals surface area contributed by atoms with E-state index >= 15 is 0 Å². The fourth-order valence-corrected chi connectivity index (χ4v) is 2.52. The first-order valence-electron chi connectivity index (χ1n) is 7.49. The molecular formula is C17H23NO3. The van der Waals surface area contributed by atoms with Crippen LogP contribution in [0.15, 0.2) is 24.3 Å². The van der Waals surface area contributed by atoms with E-state index in [-0.39, 0.29) is 11.5 Å². The first-order chi connectivity index (χ1) is 10.2. The molecule has 0 aromatic heterocycles. The molecule has 0 saturated carbocycles. The second-order valence-corrected chi connectivity index (χ2v) is 5.38. The minimum atomic E-state index is 0.103. The summed E-state index contributed by atoms with van der Waals surface area (Å²) in [6.07, 6.45) is 7.74. The maximum Gasteiger partial charge on any atom is 0.161 e. The lowest BCUT2D eigenvalue weighted by Gasteiger charge is -2.25. The van der Waals surface area contributed by atoms with Crippen LogP contribution in [-0.2, 0) is 4.79 Å². The molecule has 0 unspecified atom stereocenters. The summed E-state index contributed by atoms with van der Waals surface area (Å²) in [5.41, 5.74) is 0.843. The van der Waals surface area contributed by atoms with Crippen LogP contribution < -0.4 is 4.74 Å². The molecule has 0 amide bonds. The summed E-state index contributed by atoms with van der Waals surface area (Å²) in [6, 6.07) is 5.03. The Bertz CT molecular complexity index is 505. The van der Waals surface area contributed by atoms with Crippen LogP contribution in [0, 0.1) is 0 Å². The molecule has 4 heteroatoms. The molecule has 1 N–H and O–H groups in total. The van der Waals surface area contributed by atoms with Crippen molar-refractivity contribution in [1.82, 2.24) is 4.90 Å². The minimum Gasteiger partial charge on any atom is -0.504 e. The van der Waals surface area contributed by atoms with E-state index in [0.29, 0.717) is 12.2 Å². The van der Waals surface area contributed by atoms with Crippen LogP contribution in [0.4, 0.5) is 0 Å². The predicted octanol–water partition coefficient (Wildman–Crippen LogP) is 2.86. The second kappa shape index (κ2) is 7.84. The van der Waals surface area contributed by atoms with Gasteiger partial charge in [-0.3, -0.25) is 4.79 Å². The standard InChI is InChI=1S/C17H23NO3/c1-21-17-13-14(6-8-16(17)20)5-7-15(19)9-12-18-10-3-2-4-11-18/h5-8,13,20H,2-4,9-12H2,1H3/b7-5+. The number of piperidine rings is 1. The Hall–Kier alpha value is -1.81. The van der Waals surface area contributed by atoms with Crippen LogP contribution in [0.2, 0.25) is 0 Å². The van der Waals surface area contributed by atoms with Crippen LogP contribution in [0.25, 0.3) is 6.08 Å². The lowest BCUT2D eigenvalue weighted by Crippen LogP contribution is -2.31. The van der Waals surface area contributed by atoms with Crippen LogP contribution in [0.1, 0.15) is 31.2 Å². The van der Waals surface area contributed by atoms with Gasteiger partial charge >= 0.3 is 0 Å². The largest absolute Gasteiger partial charge is 0.504 e. The van der Waals surface area contributed by atoms with E-state index in [1.807, 2.05) is 0 Å². The predicted molar refractivity (Wildman–Crippen MR) is 83.6 cm³/mol. The Balaban J connectivity index is 1.83. The van der Waals surface area contributed by atoms with Crippen LogP contribution in [0.5, 0.6) is 11.5 Å². The van der Waals surface area contributed by atoms with Crippen molar-refractivity contribution in [3.05, 3.63) is 29.8 Å². The molecule has 0 bridgehead atoms. The molecule has 4 nitrogen and oxygen atoms in total. The van der Waals surface area contributed by atoms with Crippen LogP contribution >= 0.6 is 0 Å². The number of rotatable bonds is 6. The quantitative estimate of drug-likeness (QED) is 0.818. The highest BCUT2D eigenvalue weighted by Gasteiger charge is 2.10. The number of nitrogens with zero attached hydrogens (tertiary/aromatic N) is 1. The summed E-state index contributed by atoms with van der Waals surface area (Å²) in [6.45, 7) is 3.08. The van der Waals surface area contributed by atoms with E-state index < -0.39 is 0 Å². The van der Waals surface area contributed by atoms with Crippen molar-refractivity contribution in [2.45, 2.75) is 25.7 Å². The van der Waals surface area contributed by atoms with Crippen molar-refractivity contribution in [3.8, 4) is 11.5 Å². The number of methoxy groups -OCH3 is 1. The Morgan fingerprint density at radius 3 is 2.81 bits per heavy atom. The summed E-state index contributed by atoms with van der Waals surface area (Å²) in [7, 11) is 1.51. The second-order valence-electron chi connectivity index (χ2n) is 5.38. The first-order valence-corrected chi connectivity index (χ1v) is 7.49. The highest BCUT2D eigenvalue weighted by Crippen LogP contribution is 2.26. The Morgan fingerprint density at radius 2 is 2.10 bits per heavy atom. The van der Waals surface area contributed by atoms with Gasteiger partial charge in [-0.25, -0.2) is 0 Å². The van der Waals surface area contributed by atoms with E-state index in [1.54, 1.807) is 30.4 Å². The third-order valence-corrected chi connectivity index (χ3v) is 3.79. The molecule has 1 fully saturated rings. The molecule has 1 heterocycles. The van der Waals surface area contributed by atoms with Gasteiger partial charge in [0.2, 0.25) is 0 Å². The Labute approximate surface area is 126 Å². The van der Waals surface area contributed by atoms with Crippen molar-refractivity contribution in [2.24, 2.45) is 0 Å². The molecule has 0 aliphatic carbocycles. The number of likely N-dealkylation sites (tertiary alicyclic amines) is 1. The van der Waals surface area contributed by atoms with Crippen LogP contribution in [-0.4, -0.2) is 42.5 Å². The van der Waals surface area contributed by atoms with Gasteiger partial charge in [-0.1, -0.05) is 18.6 Å². The molecule has 1 aromatic rings. The summed E-state index contributed by atoms with van der Waals surface area (Å²) in [5, 5.41) is 9.52. The number of aromatic hydroxyl groups is 1. The molecule has 1 aliphatic rings. The third-order valence-electron chi connectivity index (χ3n) is 3.79. The van der Waals surface area contributed by atoms with Gasteiger partial charge in [0.15, 0.2) is 17.3 Å². The van der Waals surface area contributed by atoms with E-state index in [4.69, 9.17) is 4.74 Å². The number of carbonyl (C=O) groups excluding carboxylic acids is 1. The molecule has 0 spiro atoms. The van der Waals surface area contributed by atoms with Gasteiger partial charge in [-0.05, 0) is 49.7 Å². The summed E-state index contributed by atoms with van der Waals surface area (Å²) < 4.78 is 5.04. The number of benzene rings is 1. The first kappa shape index (κ1) is 15.6. The van der Waals surface area contributed by atoms with Gasteiger partial charge < -0.3 is 14.7 Å². The molecule has 0 radical (unpaired) electrons. The molecule has 1 aromatic carbocycles. The van der Waals surface area contributed by atoms with Gasteiger partial charge in [0.25, 0.3) is 0 Å². The number of carbonyl (C=O) groups is 1. The zero-order valence-electron chi connectivity index (χ0n) is 12.5. The lowest BCUT2D eigenvalue weighted by atomic mass is 10.1. The van der Waals surface area contributed by atoms with E-state index in [2.05, 4.69) is 4.90 Å². The zero-order chi connectivity index (χ0) is 15.1. The highest BCUT2D eigenvalue weighted by atomic mass is 16.5. The normalized spacial score (nSPS) is 16.2. The van der Waals surface area contributed by atoms with E-state index in [1.165, 1.54) is 26.4 Å². The van der Waals surface area contributed by atoms with Gasteiger partial charge in [-0.2, -0.15) is 0 Å². The SMILES string of the molecule is COc1cc(/C=C/C(=O)CCN2CCCCC2)ccc1O. The Kier molecular flexibility index (Phi) is 5.81. The van der Waals surface area contributed by atoms with Crippen molar-refractivity contribution in [3.63, 3.8) is 0 Å². The summed E-state index contributed by atoms with van der Waals surface area (Å²) in [5.74, 6) is 0.650. The van der Waals surface area contributed by atoms with Gasteiger partial charge in [-0.15, -0.1) is 0 Å². The molecule has 1 saturated heterocycles. The number of phenolic OH excluding ortho intramolecular Hbond substituents is 1. The van der Waals surface area contributed by atoms with Crippen molar-refractivity contribution >= 4 is 11.9 Å². The van der Waals surface area contributed by atoms with Gasteiger partial charge in [0, 0.05) is 13.0 Å².